The van der Waals surface area contributed by atoms with Gasteiger partial charge >= 0.3 is 12.4 Å². The Bertz CT molecular complexity index is 1490. The summed E-state index contributed by atoms with van der Waals surface area (Å²) in [5, 5.41) is 3.60. The fourth-order valence-electron chi connectivity index (χ4n) is 3.58. The topological polar surface area (TPSA) is 101 Å². The highest BCUT2D eigenvalue weighted by atomic mass is 19.4. The molecule has 0 aliphatic rings. The largest absolute Gasteiger partial charge is 0.417 e. The normalized spacial score (nSPS) is 12.1. The van der Waals surface area contributed by atoms with Crippen molar-refractivity contribution in [2.45, 2.75) is 12.4 Å². The van der Waals surface area contributed by atoms with Crippen LogP contribution in [0.2, 0.25) is 0 Å². The second-order valence-corrected chi connectivity index (χ2v) is 7.45. The Morgan fingerprint density at radius 1 is 0.914 bits per heavy atom. The number of hydrogen-bond acceptors (Lipinski definition) is 4. The quantitative estimate of drug-likeness (QED) is 0.329. The van der Waals surface area contributed by atoms with Crippen molar-refractivity contribution >= 4 is 28.3 Å². The van der Waals surface area contributed by atoms with Crippen LogP contribution in [0.1, 0.15) is 21.5 Å². The predicted octanol–water partition coefficient (Wildman–Crippen LogP) is 5.47. The predicted molar refractivity (Wildman–Crippen MR) is 116 cm³/mol. The molecule has 0 atom stereocenters. The van der Waals surface area contributed by atoms with Crippen molar-refractivity contribution in [1.29, 1.82) is 0 Å². The highest BCUT2D eigenvalue weighted by Crippen LogP contribution is 2.43. The van der Waals surface area contributed by atoms with Crippen LogP contribution in [0.4, 0.5) is 37.7 Å². The van der Waals surface area contributed by atoms with Gasteiger partial charge in [-0.3, -0.25) is 9.59 Å². The molecule has 180 valence electrons. The van der Waals surface area contributed by atoms with Gasteiger partial charge in [0.1, 0.15) is 5.65 Å². The zero-order valence-corrected chi connectivity index (χ0v) is 17.4. The molecule has 2 aromatic heterocycles. The van der Waals surface area contributed by atoms with Crippen LogP contribution in [0.15, 0.2) is 65.6 Å². The molecule has 6 nitrogen and oxygen atoms in total. The van der Waals surface area contributed by atoms with E-state index >= 15 is 0 Å². The summed E-state index contributed by atoms with van der Waals surface area (Å²) < 4.78 is 80.7. The Morgan fingerprint density at radius 2 is 1.60 bits per heavy atom. The lowest BCUT2D eigenvalue weighted by molar-refractivity contribution is -0.142. The second-order valence-electron chi connectivity index (χ2n) is 7.45. The van der Waals surface area contributed by atoms with Gasteiger partial charge in [0.05, 0.1) is 16.8 Å². The van der Waals surface area contributed by atoms with E-state index in [9.17, 15) is 35.9 Å². The van der Waals surface area contributed by atoms with Gasteiger partial charge in [-0.25, -0.2) is 4.98 Å². The number of hydrogen-bond donors (Lipinski definition) is 3. The first-order valence-electron chi connectivity index (χ1n) is 9.82. The number of aromatic amines is 1. The molecule has 0 spiro atoms. The average Bonchev–Trinajstić information content (AvgIpc) is 2.77. The Kier molecular flexibility index (Phi) is 5.75. The Morgan fingerprint density at radius 3 is 2.20 bits per heavy atom. The van der Waals surface area contributed by atoms with Crippen molar-refractivity contribution in [2.24, 2.45) is 5.73 Å². The van der Waals surface area contributed by atoms with E-state index in [1.54, 1.807) is 6.07 Å². The van der Waals surface area contributed by atoms with E-state index in [4.69, 9.17) is 5.73 Å². The number of carbonyl (C=O) groups is 1. The number of halogens is 6. The number of pyridine rings is 2. The Hall–Kier alpha value is -4.35. The molecule has 2 heterocycles. The molecule has 1 amide bonds. The second kappa shape index (κ2) is 8.46. The molecule has 2 aromatic carbocycles. The van der Waals surface area contributed by atoms with Crippen LogP contribution >= 0.6 is 0 Å². The maximum Gasteiger partial charge on any atom is 0.417 e. The number of nitrogens with two attached hydrogens (primary N) is 1. The number of carbonyl (C=O) groups excluding carboxylic acids is 1. The molecule has 0 unspecified atom stereocenters. The number of alkyl halides is 6. The molecule has 35 heavy (non-hydrogen) atoms. The molecule has 0 aliphatic carbocycles. The van der Waals surface area contributed by atoms with Crippen LogP contribution in [0.5, 0.6) is 0 Å². The van der Waals surface area contributed by atoms with E-state index in [1.165, 1.54) is 42.6 Å². The van der Waals surface area contributed by atoms with Crippen molar-refractivity contribution in [3.63, 3.8) is 0 Å². The van der Waals surface area contributed by atoms with Gasteiger partial charge in [0.25, 0.3) is 0 Å². The first-order chi connectivity index (χ1) is 16.3. The summed E-state index contributed by atoms with van der Waals surface area (Å²) >= 11 is 0. The number of H-pyrrole nitrogens is 1. The average molecular weight is 492 g/mol. The van der Waals surface area contributed by atoms with Crippen LogP contribution in [0.25, 0.3) is 22.2 Å². The van der Waals surface area contributed by atoms with Gasteiger partial charge < -0.3 is 16.0 Å². The first kappa shape index (κ1) is 23.8. The SMILES string of the molecule is NC(=O)c1cc(C(F)(F)F)cc(C(F)(F)F)c1-c1ccc(Nc2ccnc3[nH]c(=O)ccc23)cc1. The van der Waals surface area contributed by atoms with Crippen LogP contribution in [-0.2, 0) is 12.4 Å². The summed E-state index contributed by atoms with van der Waals surface area (Å²) in [6, 6.07) is 9.92. The minimum absolute atomic E-state index is 0.0438. The molecule has 0 bridgehead atoms. The zero-order chi connectivity index (χ0) is 25.5. The third-order valence-corrected chi connectivity index (χ3v) is 5.12. The first-order valence-corrected chi connectivity index (χ1v) is 9.82. The molecule has 0 aliphatic heterocycles. The Balaban J connectivity index is 1.79. The van der Waals surface area contributed by atoms with Gasteiger partial charge in [0, 0.05) is 34.5 Å². The Labute approximate surface area is 192 Å². The maximum absolute atomic E-state index is 13.7. The van der Waals surface area contributed by atoms with Gasteiger partial charge in [0.15, 0.2) is 0 Å². The van der Waals surface area contributed by atoms with Crippen LogP contribution in [0.3, 0.4) is 0 Å². The molecule has 0 fully saturated rings. The zero-order valence-electron chi connectivity index (χ0n) is 17.4. The highest BCUT2D eigenvalue weighted by Gasteiger charge is 2.40. The van der Waals surface area contributed by atoms with Crippen molar-refractivity contribution in [3.8, 4) is 11.1 Å². The molecule has 4 N–H and O–H groups in total. The molecule has 4 rings (SSSR count). The standard InChI is InChI=1S/C23H14F6N4O2/c24-22(25,26)12-9-15(20(30)35)19(16(10-12)23(27,28)29)11-1-3-13(4-2-11)32-17-7-8-31-21-14(17)5-6-18(34)33-21/h1-10H,(H2,30,35)(H2,31,32,33,34). The number of amides is 1. The fourth-order valence-corrected chi connectivity index (χ4v) is 3.58. The van der Waals surface area contributed by atoms with E-state index in [0.29, 0.717) is 28.5 Å². The maximum atomic E-state index is 13.7. The summed E-state index contributed by atoms with van der Waals surface area (Å²) in [5.41, 5.74) is 0.966. The molecular weight excluding hydrogens is 478 g/mol. The minimum atomic E-state index is -5.19. The number of benzene rings is 2. The minimum Gasteiger partial charge on any atom is -0.366 e. The van der Waals surface area contributed by atoms with E-state index in [2.05, 4.69) is 15.3 Å². The van der Waals surface area contributed by atoms with Gasteiger partial charge in [-0.05, 0) is 42.0 Å². The van der Waals surface area contributed by atoms with Gasteiger partial charge in [-0.2, -0.15) is 26.3 Å². The van der Waals surface area contributed by atoms with Crippen LogP contribution < -0.4 is 16.6 Å². The summed E-state index contributed by atoms with van der Waals surface area (Å²) in [6.07, 6.45) is -8.87. The third-order valence-electron chi connectivity index (χ3n) is 5.12. The molecule has 0 saturated heterocycles. The summed E-state index contributed by atoms with van der Waals surface area (Å²) in [5.74, 6) is -1.43. The number of nitrogens with zero attached hydrogens (tertiary/aromatic N) is 1. The number of anilines is 2. The van der Waals surface area contributed by atoms with Gasteiger partial charge in [0.2, 0.25) is 11.5 Å². The molecular formula is C23H14F6N4O2. The monoisotopic (exact) mass is 492 g/mol. The lowest BCUT2D eigenvalue weighted by Crippen LogP contribution is -2.19. The van der Waals surface area contributed by atoms with E-state index < -0.39 is 40.5 Å². The van der Waals surface area contributed by atoms with Gasteiger partial charge in [-0.1, -0.05) is 12.1 Å². The van der Waals surface area contributed by atoms with Crippen molar-refractivity contribution in [1.82, 2.24) is 9.97 Å². The van der Waals surface area contributed by atoms with Crippen LogP contribution in [-0.4, -0.2) is 15.9 Å². The summed E-state index contributed by atoms with van der Waals surface area (Å²) in [6.45, 7) is 0. The number of aromatic nitrogens is 2. The number of nitrogens with one attached hydrogen (secondary N) is 2. The van der Waals surface area contributed by atoms with Crippen LogP contribution in [0, 0.1) is 0 Å². The summed E-state index contributed by atoms with van der Waals surface area (Å²) in [4.78, 5) is 30.0. The van der Waals surface area contributed by atoms with Crippen molar-refractivity contribution in [2.75, 3.05) is 5.32 Å². The molecule has 0 radical (unpaired) electrons. The highest BCUT2D eigenvalue weighted by molar-refractivity contribution is 6.01. The smallest absolute Gasteiger partial charge is 0.366 e. The molecule has 12 heteroatoms. The van der Waals surface area contributed by atoms with E-state index in [1.807, 2.05) is 0 Å². The van der Waals surface area contributed by atoms with Crippen molar-refractivity contribution in [3.05, 3.63) is 87.8 Å². The van der Waals surface area contributed by atoms with Crippen molar-refractivity contribution < 1.29 is 31.1 Å². The summed E-state index contributed by atoms with van der Waals surface area (Å²) in [7, 11) is 0. The van der Waals surface area contributed by atoms with E-state index in [0.717, 1.165) is 0 Å². The number of fused-ring (bicyclic) bond motifs is 1. The lowest BCUT2D eigenvalue weighted by atomic mass is 9.91. The van der Waals surface area contributed by atoms with Gasteiger partial charge in [-0.15, -0.1) is 0 Å². The third kappa shape index (κ3) is 4.81. The lowest BCUT2D eigenvalue weighted by Gasteiger charge is -2.19. The number of rotatable bonds is 4. The number of primary amides is 1. The molecule has 4 aromatic rings. The van der Waals surface area contributed by atoms with E-state index in [-0.39, 0.29) is 17.2 Å². The fraction of sp³-hybridized carbons (Fsp3) is 0.0870. The molecule has 0 saturated carbocycles.